The Hall–Kier alpha value is -2.31. The number of thiazole rings is 1. The number of hydrogen-bond acceptors (Lipinski definition) is 5. The van der Waals surface area contributed by atoms with Crippen LogP contribution in [-0.4, -0.2) is 28.9 Å². The molecule has 0 saturated heterocycles. The van der Waals surface area contributed by atoms with E-state index < -0.39 is 5.97 Å². The molecular formula is C18H15NO3S2. The maximum atomic E-state index is 11.0. The van der Waals surface area contributed by atoms with Crippen LogP contribution in [0.15, 0.2) is 48.5 Å². The number of methoxy groups -OCH3 is 1. The van der Waals surface area contributed by atoms with Crippen LogP contribution in [0.2, 0.25) is 0 Å². The fourth-order valence-corrected chi connectivity index (χ4v) is 4.01. The van der Waals surface area contributed by atoms with Gasteiger partial charge in [0.05, 0.1) is 23.1 Å². The Morgan fingerprint density at radius 2 is 2.12 bits per heavy atom. The summed E-state index contributed by atoms with van der Waals surface area (Å²) < 4.78 is 6.33. The zero-order valence-corrected chi connectivity index (χ0v) is 14.6. The van der Waals surface area contributed by atoms with E-state index in [0.29, 0.717) is 0 Å². The number of benzene rings is 2. The Balaban J connectivity index is 2.01. The molecule has 4 nitrogen and oxygen atoms in total. The molecule has 0 unspecified atom stereocenters. The maximum Gasteiger partial charge on any atom is 0.313 e. The summed E-state index contributed by atoms with van der Waals surface area (Å²) in [5.74, 6) is -0.0978. The Morgan fingerprint density at radius 1 is 1.29 bits per heavy atom. The van der Waals surface area contributed by atoms with Gasteiger partial charge in [-0.1, -0.05) is 24.3 Å². The molecule has 0 bridgehead atoms. The average Bonchev–Trinajstić information content (AvgIpc) is 3.02. The number of ether oxygens (including phenoxy) is 1. The molecule has 24 heavy (non-hydrogen) atoms. The van der Waals surface area contributed by atoms with Crippen molar-refractivity contribution in [3.05, 3.63) is 59.1 Å². The first-order chi connectivity index (χ1) is 11.7. The third-order valence-corrected chi connectivity index (χ3v) is 5.46. The van der Waals surface area contributed by atoms with Gasteiger partial charge >= 0.3 is 5.97 Å². The molecule has 0 atom stereocenters. The summed E-state index contributed by atoms with van der Waals surface area (Å²) in [6.07, 6.45) is 1.95. The van der Waals surface area contributed by atoms with Gasteiger partial charge in [-0.3, -0.25) is 4.79 Å². The lowest BCUT2D eigenvalue weighted by Crippen LogP contribution is -1.98. The number of para-hydroxylation sites is 1. The molecule has 0 amide bonds. The molecule has 0 spiro atoms. The number of thioether (sulfide) groups is 1. The Morgan fingerprint density at radius 3 is 2.88 bits per heavy atom. The number of aliphatic carboxylic acids is 1. The quantitative estimate of drug-likeness (QED) is 0.697. The number of carboxylic acid groups (broad SMARTS) is 1. The summed E-state index contributed by atoms with van der Waals surface area (Å²) in [6, 6.07) is 15.5. The van der Waals surface area contributed by atoms with Crippen molar-refractivity contribution in [3.8, 4) is 5.75 Å². The summed E-state index contributed by atoms with van der Waals surface area (Å²) in [7, 11) is 1.62. The van der Waals surface area contributed by atoms with Gasteiger partial charge in [0.2, 0.25) is 0 Å². The fraction of sp³-hybridized carbons (Fsp3) is 0.111. The second-order valence-corrected chi connectivity index (χ2v) is 7.00. The highest BCUT2D eigenvalue weighted by Crippen LogP contribution is 2.35. The van der Waals surface area contributed by atoms with Gasteiger partial charge in [-0.25, -0.2) is 4.98 Å². The minimum atomic E-state index is -0.849. The van der Waals surface area contributed by atoms with Gasteiger partial charge in [0.1, 0.15) is 10.8 Å². The highest BCUT2D eigenvalue weighted by Gasteiger charge is 2.12. The van der Waals surface area contributed by atoms with Gasteiger partial charge in [-0.15, -0.1) is 23.1 Å². The molecule has 0 radical (unpaired) electrons. The summed E-state index contributed by atoms with van der Waals surface area (Å²) in [5.41, 5.74) is 1.87. The highest BCUT2D eigenvalue weighted by molar-refractivity contribution is 8.09. The van der Waals surface area contributed by atoms with Crippen LogP contribution in [0.4, 0.5) is 0 Å². The molecule has 0 aliphatic rings. The van der Waals surface area contributed by atoms with Crippen molar-refractivity contribution in [3.63, 3.8) is 0 Å². The highest BCUT2D eigenvalue weighted by atomic mass is 32.2. The van der Waals surface area contributed by atoms with Crippen LogP contribution in [-0.2, 0) is 4.79 Å². The Bertz CT molecular complexity index is 869. The van der Waals surface area contributed by atoms with E-state index in [4.69, 9.17) is 9.84 Å². The summed E-state index contributed by atoms with van der Waals surface area (Å²) >= 11 is 2.84. The standard InChI is InChI=1S/C18H15NO3S2/c1-22-13-6-4-5-12(9-13)10-16(23-11-17(20)21)18-19-14-7-2-3-8-15(14)24-18/h2-10H,11H2,1H3,(H,20,21)/b16-10-. The lowest BCUT2D eigenvalue weighted by atomic mass is 10.2. The molecule has 1 aromatic heterocycles. The normalized spacial score (nSPS) is 11.6. The van der Waals surface area contributed by atoms with Crippen LogP contribution in [0.3, 0.4) is 0 Å². The van der Waals surface area contributed by atoms with Crippen LogP contribution in [0.25, 0.3) is 21.2 Å². The van der Waals surface area contributed by atoms with E-state index in [1.807, 2.05) is 54.6 Å². The molecule has 122 valence electrons. The third kappa shape index (κ3) is 3.96. The lowest BCUT2D eigenvalue weighted by molar-refractivity contribution is -0.133. The molecule has 3 rings (SSSR count). The summed E-state index contributed by atoms with van der Waals surface area (Å²) in [4.78, 5) is 16.4. The first kappa shape index (κ1) is 16.5. The number of fused-ring (bicyclic) bond motifs is 1. The number of carbonyl (C=O) groups is 1. The van der Waals surface area contributed by atoms with Crippen molar-refractivity contribution < 1.29 is 14.6 Å². The van der Waals surface area contributed by atoms with Crippen LogP contribution >= 0.6 is 23.1 Å². The number of aromatic nitrogens is 1. The zero-order valence-electron chi connectivity index (χ0n) is 12.9. The van der Waals surface area contributed by atoms with Crippen LogP contribution in [0.5, 0.6) is 5.75 Å². The molecule has 0 aliphatic carbocycles. The third-order valence-electron chi connectivity index (χ3n) is 3.25. The zero-order chi connectivity index (χ0) is 16.9. The molecular weight excluding hydrogens is 342 g/mol. The molecule has 6 heteroatoms. The molecule has 1 heterocycles. The van der Waals surface area contributed by atoms with E-state index in [2.05, 4.69) is 4.98 Å². The molecule has 0 aliphatic heterocycles. The van der Waals surface area contributed by atoms with Crippen molar-refractivity contribution in [1.29, 1.82) is 0 Å². The van der Waals surface area contributed by atoms with Crippen molar-refractivity contribution in [1.82, 2.24) is 4.98 Å². The van der Waals surface area contributed by atoms with E-state index in [1.165, 1.54) is 11.8 Å². The number of carboxylic acids is 1. The second-order valence-electron chi connectivity index (χ2n) is 4.95. The predicted octanol–water partition coefficient (Wildman–Crippen LogP) is 4.62. The van der Waals surface area contributed by atoms with Crippen molar-refractivity contribution in [2.24, 2.45) is 0 Å². The van der Waals surface area contributed by atoms with Crippen LogP contribution in [0.1, 0.15) is 10.6 Å². The number of hydrogen-bond donors (Lipinski definition) is 1. The van der Waals surface area contributed by atoms with Crippen molar-refractivity contribution in [2.45, 2.75) is 0 Å². The average molecular weight is 357 g/mol. The van der Waals surface area contributed by atoms with Crippen molar-refractivity contribution >= 4 is 50.3 Å². The predicted molar refractivity (Wildman–Crippen MR) is 101 cm³/mol. The van der Waals surface area contributed by atoms with E-state index in [-0.39, 0.29) is 5.75 Å². The minimum absolute atomic E-state index is 0.00821. The topological polar surface area (TPSA) is 59.4 Å². The van der Waals surface area contributed by atoms with E-state index >= 15 is 0 Å². The van der Waals surface area contributed by atoms with Gasteiger partial charge in [-0.05, 0) is 35.9 Å². The van der Waals surface area contributed by atoms with Gasteiger partial charge in [0, 0.05) is 4.91 Å². The fourth-order valence-electron chi connectivity index (χ4n) is 2.16. The number of nitrogens with zero attached hydrogens (tertiary/aromatic N) is 1. The van der Waals surface area contributed by atoms with Gasteiger partial charge < -0.3 is 9.84 Å². The molecule has 3 aromatic rings. The van der Waals surface area contributed by atoms with Gasteiger partial charge in [-0.2, -0.15) is 0 Å². The first-order valence-corrected chi connectivity index (χ1v) is 9.02. The molecule has 2 aromatic carbocycles. The monoisotopic (exact) mass is 357 g/mol. The smallest absolute Gasteiger partial charge is 0.313 e. The summed E-state index contributed by atoms with van der Waals surface area (Å²) in [6.45, 7) is 0. The lowest BCUT2D eigenvalue weighted by Gasteiger charge is -2.04. The largest absolute Gasteiger partial charge is 0.497 e. The van der Waals surface area contributed by atoms with Gasteiger partial charge in [0.25, 0.3) is 0 Å². The second kappa shape index (κ2) is 7.51. The van der Waals surface area contributed by atoms with Crippen LogP contribution in [0, 0.1) is 0 Å². The van der Waals surface area contributed by atoms with E-state index in [0.717, 1.165) is 31.4 Å². The van der Waals surface area contributed by atoms with Crippen molar-refractivity contribution in [2.75, 3.05) is 12.9 Å². The molecule has 0 fully saturated rings. The minimum Gasteiger partial charge on any atom is -0.497 e. The van der Waals surface area contributed by atoms with E-state index in [9.17, 15) is 4.79 Å². The molecule has 0 saturated carbocycles. The first-order valence-electron chi connectivity index (χ1n) is 7.22. The SMILES string of the molecule is COc1cccc(/C=C(\SCC(=O)O)c2nc3ccccc3s2)c1. The number of rotatable bonds is 6. The van der Waals surface area contributed by atoms with Crippen LogP contribution < -0.4 is 4.74 Å². The van der Waals surface area contributed by atoms with Gasteiger partial charge in [0.15, 0.2) is 0 Å². The van der Waals surface area contributed by atoms with E-state index in [1.54, 1.807) is 18.4 Å². The Labute approximate surface area is 147 Å². The summed E-state index contributed by atoms with van der Waals surface area (Å²) in [5, 5.41) is 9.84. The maximum absolute atomic E-state index is 11.0. The Kier molecular flexibility index (Phi) is 5.17. The molecule has 1 N–H and O–H groups in total.